The van der Waals surface area contributed by atoms with Crippen LogP contribution in [-0.2, 0) is 0 Å². The molecule has 4 rings (SSSR count). The standard InChI is InChI=1S/C28H31N3O3/c1-19-10-5-6-11-21(19)27(32)29-20-15-16-23(26(18-20)34-4)28(33)31-17-9-14-24(30(2)3)22-12-7-8-13-25(22)31/h5-8,10-13,15-16,18,24H,9,14,17H2,1-4H3,(H,29,32). The molecule has 0 saturated heterocycles. The van der Waals surface area contributed by atoms with Gasteiger partial charge in [0.05, 0.1) is 12.7 Å². The van der Waals surface area contributed by atoms with Crippen LogP contribution < -0.4 is 15.0 Å². The second-order valence-electron chi connectivity index (χ2n) is 8.82. The van der Waals surface area contributed by atoms with Crippen molar-refractivity contribution in [1.82, 2.24) is 4.90 Å². The molecule has 2 amide bonds. The first-order valence-electron chi connectivity index (χ1n) is 11.5. The third kappa shape index (κ3) is 4.68. The monoisotopic (exact) mass is 457 g/mol. The van der Waals surface area contributed by atoms with Crippen LogP contribution in [0.25, 0.3) is 0 Å². The van der Waals surface area contributed by atoms with Crippen LogP contribution in [0.2, 0.25) is 0 Å². The molecule has 6 nitrogen and oxygen atoms in total. The van der Waals surface area contributed by atoms with Crippen LogP contribution in [-0.4, -0.2) is 44.5 Å². The van der Waals surface area contributed by atoms with Crippen molar-refractivity contribution in [3.63, 3.8) is 0 Å². The summed E-state index contributed by atoms with van der Waals surface area (Å²) in [5.41, 5.74) is 4.63. The number of carbonyl (C=O) groups is 2. The van der Waals surface area contributed by atoms with Gasteiger partial charge in [-0.05, 0) is 69.3 Å². The van der Waals surface area contributed by atoms with Gasteiger partial charge in [-0.25, -0.2) is 0 Å². The summed E-state index contributed by atoms with van der Waals surface area (Å²) in [6.45, 7) is 2.53. The number of ether oxygens (including phenoxy) is 1. The maximum atomic E-state index is 13.7. The Morgan fingerprint density at radius 3 is 2.47 bits per heavy atom. The SMILES string of the molecule is COc1cc(NC(=O)c2ccccc2C)ccc1C(=O)N1CCCC(N(C)C)c2ccccc21. The van der Waals surface area contributed by atoms with E-state index < -0.39 is 0 Å². The number of para-hydroxylation sites is 1. The van der Waals surface area contributed by atoms with Crippen molar-refractivity contribution in [3.05, 3.63) is 89.0 Å². The molecule has 1 N–H and O–H groups in total. The normalized spacial score (nSPS) is 15.4. The van der Waals surface area contributed by atoms with Crippen molar-refractivity contribution in [2.24, 2.45) is 0 Å². The summed E-state index contributed by atoms with van der Waals surface area (Å²) < 4.78 is 5.58. The molecule has 1 aliphatic rings. The molecule has 0 fully saturated rings. The Kier molecular flexibility index (Phi) is 6.98. The zero-order chi connectivity index (χ0) is 24.2. The zero-order valence-corrected chi connectivity index (χ0v) is 20.2. The van der Waals surface area contributed by atoms with Gasteiger partial charge in [0.2, 0.25) is 0 Å². The van der Waals surface area contributed by atoms with Crippen molar-refractivity contribution < 1.29 is 14.3 Å². The second-order valence-corrected chi connectivity index (χ2v) is 8.82. The molecule has 1 atom stereocenters. The minimum atomic E-state index is -0.199. The number of methoxy groups -OCH3 is 1. The number of hydrogen-bond acceptors (Lipinski definition) is 4. The topological polar surface area (TPSA) is 61.9 Å². The largest absolute Gasteiger partial charge is 0.496 e. The number of anilines is 2. The summed E-state index contributed by atoms with van der Waals surface area (Å²) in [5, 5.41) is 2.91. The molecule has 6 heteroatoms. The van der Waals surface area contributed by atoms with Gasteiger partial charge in [0, 0.05) is 35.6 Å². The number of nitrogens with zero attached hydrogens (tertiary/aromatic N) is 2. The van der Waals surface area contributed by atoms with Crippen LogP contribution in [0.3, 0.4) is 0 Å². The maximum absolute atomic E-state index is 13.7. The van der Waals surface area contributed by atoms with E-state index in [4.69, 9.17) is 4.74 Å². The second kappa shape index (κ2) is 10.1. The highest BCUT2D eigenvalue weighted by molar-refractivity contribution is 6.09. The van der Waals surface area contributed by atoms with Crippen LogP contribution in [0.5, 0.6) is 5.75 Å². The zero-order valence-electron chi connectivity index (χ0n) is 20.2. The van der Waals surface area contributed by atoms with E-state index in [0.717, 1.165) is 29.7 Å². The average molecular weight is 458 g/mol. The molecule has 0 saturated carbocycles. The van der Waals surface area contributed by atoms with Crippen molar-refractivity contribution in [3.8, 4) is 5.75 Å². The lowest BCUT2D eigenvalue weighted by atomic mass is 10.0. The summed E-state index contributed by atoms with van der Waals surface area (Å²) >= 11 is 0. The Hall–Kier alpha value is -3.64. The van der Waals surface area contributed by atoms with Crippen LogP contribution in [0, 0.1) is 6.92 Å². The van der Waals surface area contributed by atoms with E-state index in [1.165, 1.54) is 7.11 Å². The molecule has 176 valence electrons. The fourth-order valence-corrected chi connectivity index (χ4v) is 4.60. The van der Waals surface area contributed by atoms with E-state index in [9.17, 15) is 9.59 Å². The Bertz CT molecular complexity index is 1210. The van der Waals surface area contributed by atoms with Crippen molar-refractivity contribution in [2.75, 3.05) is 38.0 Å². The Morgan fingerprint density at radius 2 is 1.74 bits per heavy atom. The number of aryl methyl sites for hydroxylation is 1. The van der Waals surface area contributed by atoms with Crippen LogP contribution in [0.4, 0.5) is 11.4 Å². The Morgan fingerprint density at radius 1 is 1.00 bits per heavy atom. The predicted molar refractivity (Wildman–Crippen MR) is 136 cm³/mol. The van der Waals surface area contributed by atoms with Gasteiger partial charge in [-0.15, -0.1) is 0 Å². The molecule has 1 heterocycles. The fourth-order valence-electron chi connectivity index (χ4n) is 4.60. The van der Waals surface area contributed by atoms with Crippen molar-refractivity contribution >= 4 is 23.2 Å². The highest BCUT2D eigenvalue weighted by Gasteiger charge is 2.29. The third-order valence-electron chi connectivity index (χ3n) is 6.39. The summed E-state index contributed by atoms with van der Waals surface area (Å²) in [7, 11) is 5.69. The van der Waals surface area contributed by atoms with Gasteiger partial charge < -0.3 is 19.9 Å². The van der Waals surface area contributed by atoms with Gasteiger partial charge in [0.25, 0.3) is 11.8 Å². The van der Waals surface area contributed by atoms with Gasteiger partial charge in [-0.3, -0.25) is 9.59 Å². The minimum Gasteiger partial charge on any atom is -0.496 e. The molecule has 1 aliphatic heterocycles. The predicted octanol–water partition coefficient (Wildman–Crippen LogP) is 5.30. The summed E-state index contributed by atoms with van der Waals surface area (Å²) in [5.74, 6) is 0.120. The maximum Gasteiger partial charge on any atom is 0.262 e. The number of amides is 2. The lowest BCUT2D eigenvalue weighted by Crippen LogP contribution is -2.32. The van der Waals surface area contributed by atoms with Crippen LogP contribution >= 0.6 is 0 Å². The van der Waals surface area contributed by atoms with Crippen LogP contribution in [0.15, 0.2) is 66.7 Å². The summed E-state index contributed by atoms with van der Waals surface area (Å²) in [4.78, 5) is 30.5. The Labute approximate surface area is 201 Å². The smallest absolute Gasteiger partial charge is 0.262 e. The lowest BCUT2D eigenvalue weighted by molar-refractivity contribution is 0.0983. The third-order valence-corrected chi connectivity index (χ3v) is 6.39. The first-order valence-corrected chi connectivity index (χ1v) is 11.5. The number of fused-ring (bicyclic) bond motifs is 1. The number of rotatable bonds is 5. The molecule has 0 aliphatic carbocycles. The molecule has 34 heavy (non-hydrogen) atoms. The number of benzene rings is 3. The van der Waals surface area contributed by atoms with Gasteiger partial charge in [0.1, 0.15) is 5.75 Å². The van der Waals surface area contributed by atoms with E-state index in [2.05, 4.69) is 30.4 Å². The number of carbonyl (C=O) groups excluding carboxylic acids is 2. The first-order chi connectivity index (χ1) is 16.4. The molecule has 0 radical (unpaired) electrons. The highest BCUT2D eigenvalue weighted by Crippen LogP contribution is 2.37. The molecular formula is C28H31N3O3. The molecule has 1 unspecified atom stereocenters. The summed E-state index contributed by atoms with van der Waals surface area (Å²) in [6, 6.07) is 21.0. The first kappa shape index (κ1) is 23.5. The van der Waals surface area contributed by atoms with Gasteiger partial charge >= 0.3 is 0 Å². The molecule has 3 aromatic carbocycles. The quantitative estimate of drug-likeness (QED) is 0.565. The van der Waals surface area contributed by atoms with E-state index in [1.54, 1.807) is 24.3 Å². The van der Waals surface area contributed by atoms with Crippen LogP contribution in [0.1, 0.15) is 50.7 Å². The molecule has 0 aromatic heterocycles. The Balaban J connectivity index is 1.63. The number of nitrogens with one attached hydrogen (secondary N) is 1. The molecule has 3 aromatic rings. The van der Waals surface area contributed by atoms with E-state index >= 15 is 0 Å². The number of hydrogen-bond donors (Lipinski definition) is 1. The summed E-state index contributed by atoms with van der Waals surface area (Å²) in [6.07, 6.45) is 1.88. The van der Waals surface area contributed by atoms with Crippen molar-refractivity contribution in [1.29, 1.82) is 0 Å². The molecule has 0 spiro atoms. The molecule has 0 bridgehead atoms. The van der Waals surface area contributed by atoms with Gasteiger partial charge in [-0.1, -0.05) is 36.4 Å². The van der Waals surface area contributed by atoms with E-state index in [0.29, 0.717) is 29.1 Å². The van der Waals surface area contributed by atoms with E-state index in [-0.39, 0.29) is 17.9 Å². The minimum absolute atomic E-state index is 0.111. The lowest BCUT2D eigenvalue weighted by Gasteiger charge is -2.27. The fraction of sp³-hybridized carbons (Fsp3) is 0.286. The molecular weight excluding hydrogens is 426 g/mol. The average Bonchev–Trinajstić information content (AvgIpc) is 3.03. The van der Waals surface area contributed by atoms with Gasteiger partial charge in [0.15, 0.2) is 0 Å². The van der Waals surface area contributed by atoms with Gasteiger partial charge in [-0.2, -0.15) is 0 Å². The highest BCUT2D eigenvalue weighted by atomic mass is 16.5. The van der Waals surface area contributed by atoms with E-state index in [1.807, 2.05) is 48.2 Å². The van der Waals surface area contributed by atoms with Crippen molar-refractivity contribution in [2.45, 2.75) is 25.8 Å².